The number of morpholine rings is 1. The quantitative estimate of drug-likeness (QED) is 0.842. The maximum absolute atomic E-state index is 12.6. The smallest absolute Gasteiger partial charge is 0.253 e. The zero-order valence-electron chi connectivity index (χ0n) is 13.9. The maximum Gasteiger partial charge on any atom is 0.253 e. The van der Waals surface area contributed by atoms with Gasteiger partial charge in [0.1, 0.15) is 0 Å². The first-order chi connectivity index (χ1) is 11.7. The predicted octanol–water partition coefficient (Wildman–Crippen LogP) is 1.77. The molecule has 0 aliphatic carbocycles. The zero-order valence-corrected chi connectivity index (χ0v) is 13.9. The molecule has 1 aromatic heterocycles. The van der Waals surface area contributed by atoms with E-state index in [1.165, 1.54) is 0 Å². The van der Waals surface area contributed by atoms with Gasteiger partial charge in [-0.2, -0.15) is 0 Å². The number of hydrogen-bond donors (Lipinski definition) is 0. The standard InChI is InChI=1S/C18H22N4O2/c1-13-17(20-15-7-3-2-6-14(15)19-13)22-10-11-24-16(12-22)18(23)21-8-4-5-9-21/h2-3,6-7,16H,4-5,8-12H2,1H3. The fourth-order valence-corrected chi connectivity index (χ4v) is 3.51. The van der Waals surface area contributed by atoms with Crippen molar-refractivity contribution in [3.05, 3.63) is 30.0 Å². The zero-order chi connectivity index (χ0) is 16.5. The molecule has 0 N–H and O–H groups in total. The first-order valence-electron chi connectivity index (χ1n) is 8.61. The Morgan fingerprint density at radius 1 is 1.12 bits per heavy atom. The number of hydrogen-bond acceptors (Lipinski definition) is 5. The molecule has 4 rings (SSSR count). The highest BCUT2D eigenvalue weighted by molar-refractivity contribution is 5.82. The molecule has 6 nitrogen and oxygen atoms in total. The van der Waals surface area contributed by atoms with Crippen LogP contribution < -0.4 is 4.90 Å². The van der Waals surface area contributed by atoms with Gasteiger partial charge in [0.05, 0.1) is 29.9 Å². The summed E-state index contributed by atoms with van der Waals surface area (Å²) in [6.45, 7) is 5.50. The number of nitrogens with zero attached hydrogens (tertiary/aromatic N) is 4. The number of benzene rings is 1. The van der Waals surface area contributed by atoms with Gasteiger partial charge in [0, 0.05) is 19.6 Å². The van der Waals surface area contributed by atoms with Crippen molar-refractivity contribution in [1.82, 2.24) is 14.9 Å². The third kappa shape index (κ3) is 2.82. The summed E-state index contributed by atoms with van der Waals surface area (Å²) >= 11 is 0. The molecule has 0 radical (unpaired) electrons. The second-order valence-corrected chi connectivity index (χ2v) is 6.46. The van der Waals surface area contributed by atoms with Crippen LogP contribution >= 0.6 is 0 Å². The second-order valence-electron chi connectivity index (χ2n) is 6.46. The molecule has 6 heteroatoms. The summed E-state index contributed by atoms with van der Waals surface area (Å²) in [5.41, 5.74) is 2.67. The van der Waals surface area contributed by atoms with Crippen LogP contribution in [0.15, 0.2) is 24.3 Å². The van der Waals surface area contributed by atoms with Gasteiger partial charge in [-0.25, -0.2) is 9.97 Å². The number of likely N-dealkylation sites (tertiary alicyclic amines) is 1. The van der Waals surface area contributed by atoms with E-state index in [0.29, 0.717) is 13.2 Å². The number of amides is 1. The van der Waals surface area contributed by atoms with Crippen LogP contribution in [0.25, 0.3) is 11.0 Å². The molecule has 2 fully saturated rings. The Bertz CT molecular complexity index is 758. The molecule has 3 heterocycles. The summed E-state index contributed by atoms with van der Waals surface area (Å²) in [6, 6.07) is 7.88. The van der Waals surface area contributed by atoms with E-state index < -0.39 is 6.10 Å². The summed E-state index contributed by atoms with van der Waals surface area (Å²) in [7, 11) is 0. The molecule has 0 saturated carbocycles. The number of ether oxygens (including phenoxy) is 1. The van der Waals surface area contributed by atoms with Gasteiger partial charge in [0.2, 0.25) is 0 Å². The highest BCUT2D eigenvalue weighted by Gasteiger charge is 2.32. The average molecular weight is 326 g/mol. The van der Waals surface area contributed by atoms with Crippen molar-refractivity contribution >= 4 is 22.8 Å². The molecule has 1 unspecified atom stereocenters. The van der Waals surface area contributed by atoms with Crippen LogP contribution in [-0.2, 0) is 9.53 Å². The van der Waals surface area contributed by atoms with Crippen molar-refractivity contribution in [3.8, 4) is 0 Å². The van der Waals surface area contributed by atoms with Gasteiger partial charge < -0.3 is 14.5 Å². The molecule has 0 spiro atoms. The Balaban J connectivity index is 1.57. The van der Waals surface area contributed by atoms with E-state index >= 15 is 0 Å². The van der Waals surface area contributed by atoms with Crippen LogP contribution in [0.1, 0.15) is 18.5 Å². The summed E-state index contributed by atoms with van der Waals surface area (Å²) in [5, 5.41) is 0. The highest BCUT2D eigenvalue weighted by Crippen LogP contribution is 2.23. The number of aryl methyl sites for hydroxylation is 1. The number of fused-ring (bicyclic) bond motifs is 1. The molecule has 2 aliphatic rings. The Morgan fingerprint density at radius 2 is 1.83 bits per heavy atom. The van der Waals surface area contributed by atoms with Gasteiger partial charge in [-0.15, -0.1) is 0 Å². The van der Waals surface area contributed by atoms with Crippen molar-refractivity contribution in [2.75, 3.05) is 37.7 Å². The summed E-state index contributed by atoms with van der Waals surface area (Å²) in [6.07, 6.45) is 1.79. The minimum Gasteiger partial charge on any atom is -0.365 e. The average Bonchev–Trinajstić information content (AvgIpc) is 3.15. The van der Waals surface area contributed by atoms with E-state index in [1.807, 2.05) is 36.1 Å². The minimum absolute atomic E-state index is 0.114. The molecule has 24 heavy (non-hydrogen) atoms. The van der Waals surface area contributed by atoms with E-state index in [4.69, 9.17) is 9.72 Å². The fourth-order valence-electron chi connectivity index (χ4n) is 3.51. The number of carbonyl (C=O) groups is 1. The number of para-hydroxylation sites is 2. The van der Waals surface area contributed by atoms with Crippen LogP contribution in [0.5, 0.6) is 0 Å². The summed E-state index contributed by atoms with van der Waals surface area (Å²) < 4.78 is 5.75. The van der Waals surface area contributed by atoms with Crippen LogP contribution in [0, 0.1) is 6.92 Å². The molecule has 126 valence electrons. The normalized spacial score (nSPS) is 21.5. The SMILES string of the molecule is Cc1nc2ccccc2nc1N1CCOC(C(=O)N2CCCC2)C1. The van der Waals surface area contributed by atoms with Gasteiger partial charge in [0.25, 0.3) is 5.91 Å². The van der Waals surface area contributed by atoms with Crippen molar-refractivity contribution < 1.29 is 9.53 Å². The van der Waals surface area contributed by atoms with Crippen molar-refractivity contribution in [2.45, 2.75) is 25.9 Å². The van der Waals surface area contributed by atoms with E-state index in [-0.39, 0.29) is 5.91 Å². The third-order valence-corrected chi connectivity index (χ3v) is 4.78. The van der Waals surface area contributed by atoms with Crippen LogP contribution in [0.4, 0.5) is 5.82 Å². The van der Waals surface area contributed by atoms with Crippen LogP contribution in [-0.4, -0.2) is 59.7 Å². The molecule has 1 aromatic carbocycles. The largest absolute Gasteiger partial charge is 0.365 e. The van der Waals surface area contributed by atoms with Gasteiger partial charge in [0.15, 0.2) is 11.9 Å². The molecule has 1 amide bonds. The minimum atomic E-state index is -0.399. The Kier molecular flexibility index (Phi) is 4.06. The molecule has 2 aliphatic heterocycles. The monoisotopic (exact) mass is 326 g/mol. The van der Waals surface area contributed by atoms with Gasteiger partial charge in [-0.3, -0.25) is 4.79 Å². The number of rotatable bonds is 2. The molecule has 0 bridgehead atoms. The summed E-state index contributed by atoms with van der Waals surface area (Å²) in [4.78, 5) is 26.1. The Hall–Kier alpha value is -2.21. The molecule has 2 aromatic rings. The lowest BCUT2D eigenvalue weighted by atomic mass is 10.2. The molecular weight excluding hydrogens is 304 g/mol. The van der Waals surface area contributed by atoms with E-state index in [0.717, 1.165) is 55.0 Å². The first-order valence-corrected chi connectivity index (χ1v) is 8.61. The summed E-state index contributed by atoms with van der Waals surface area (Å²) in [5.74, 6) is 0.972. The fraction of sp³-hybridized carbons (Fsp3) is 0.500. The van der Waals surface area contributed by atoms with E-state index in [2.05, 4.69) is 9.88 Å². The molecular formula is C18H22N4O2. The van der Waals surface area contributed by atoms with Gasteiger partial charge in [-0.1, -0.05) is 12.1 Å². The van der Waals surface area contributed by atoms with E-state index in [1.54, 1.807) is 0 Å². The van der Waals surface area contributed by atoms with Gasteiger partial charge in [-0.05, 0) is 31.9 Å². The topological polar surface area (TPSA) is 58.6 Å². The molecule has 2 saturated heterocycles. The number of carbonyl (C=O) groups excluding carboxylic acids is 1. The van der Waals surface area contributed by atoms with Crippen molar-refractivity contribution in [3.63, 3.8) is 0 Å². The Labute approximate surface area is 141 Å². The highest BCUT2D eigenvalue weighted by atomic mass is 16.5. The lowest BCUT2D eigenvalue weighted by Gasteiger charge is -2.35. The van der Waals surface area contributed by atoms with Crippen LogP contribution in [0.3, 0.4) is 0 Å². The number of aromatic nitrogens is 2. The first kappa shape index (κ1) is 15.3. The van der Waals surface area contributed by atoms with Crippen molar-refractivity contribution in [1.29, 1.82) is 0 Å². The van der Waals surface area contributed by atoms with Gasteiger partial charge >= 0.3 is 0 Å². The lowest BCUT2D eigenvalue weighted by Crippen LogP contribution is -2.51. The van der Waals surface area contributed by atoms with Crippen molar-refractivity contribution in [2.24, 2.45) is 0 Å². The maximum atomic E-state index is 12.6. The third-order valence-electron chi connectivity index (χ3n) is 4.78. The Morgan fingerprint density at radius 3 is 2.58 bits per heavy atom. The lowest BCUT2D eigenvalue weighted by molar-refractivity contribution is -0.143. The predicted molar refractivity (Wildman–Crippen MR) is 92.0 cm³/mol. The molecule has 1 atom stereocenters. The van der Waals surface area contributed by atoms with E-state index in [9.17, 15) is 4.79 Å². The second kappa shape index (κ2) is 6.36. The van der Waals surface area contributed by atoms with Crippen LogP contribution in [0.2, 0.25) is 0 Å². The number of anilines is 1.